The highest BCUT2D eigenvalue weighted by molar-refractivity contribution is 5.79. The Balaban J connectivity index is 2.07. The number of nitrogens with zero attached hydrogens (tertiary/aromatic N) is 1. The average Bonchev–Trinajstić information content (AvgIpc) is 2.70. The van der Waals surface area contributed by atoms with Gasteiger partial charge in [0.15, 0.2) is 0 Å². The number of carbonyl (C=O) groups excluding carboxylic acids is 1. The first-order valence-corrected chi connectivity index (χ1v) is 7.72. The fraction of sp³-hybridized carbons (Fsp3) is 0.588. The maximum absolute atomic E-state index is 12.7. The van der Waals surface area contributed by atoms with E-state index >= 15 is 0 Å². The summed E-state index contributed by atoms with van der Waals surface area (Å²) in [7, 11) is 0. The molecule has 1 saturated heterocycles. The van der Waals surface area contributed by atoms with Gasteiger partial charge in [-0.2, -0.15) is 0 Å². The first-order chi connectivity index (χ1) is 9.61. The first kappa shape index (κ1) is 15.0. The Bertz CT molecular complexity index is 432. The van der Waals surface area contributed by atoms with Crippen molar-refractivity contribution in [2.24, 2.45) is 11.7 Å². The summed E-state index contributed by atoms with van der Waals surface area (Å²) in [6, 6.07) is 10.0. The number of benzene rings is 1. The number of carbonyl (C=O) groups is 1. The largest absolute Gasteiger partial charge is 0.340 e. The van der Waals surface area contributed by atoms with Crippen LogP contribution in [0.4, 0.5) is 0 Å². The standard InChI is InChI=1S/C17H26N2O/c1-13-9-5-4-8-12-19(13)17(20)14(2)16(18)15-10-6-3-7-11-15/h3,6-7,10-11,13-14,16H,4-5,8-9,12,18H2,1-2H3. The molecule has 2 rings (SSSR count). The lowest BCUT2D eigenvalue weighted by atomic mass is 9.93. The van der Waals surface area contributed by atoms with Crippen LogP contribution in [0.2, 0.25) is 0 Å². The molecule has 3 atom stereocenters. The molecule has 0 aromatic heterocycles. The Hall–Kier alpha value is -1.35. The molecular weight excluding hydrogens is 248 g/mol. The third-order valence-corrected chi connectivity index (χ3v) is 4.45. The van der Waals surface area contributed by atoms with Gasteiger partial charge in [-0.25, -0.2) is 0 Å². The molecule has 1 aliphatic heterocycles. The summed E-state index contributed by atoms with van der Waals surface area (Å²) in [4.78, 5) is 14.8. The molecule has 0 radical (unpaired) electrons. The van der Waals surface area contributed by atoms with Crippen LogP contribution < -0.4 is 5.73 Å². The molecule has 0 spiro atoms. The zero-order valence-corrected chi connectivity index (χ0v) is 12.6. The quantitative estimate of drug-likeness (QED) is 0.920. The fourth-order valence-corrected chi connectivity index (χ4v) is 2.98. The van der Waals surface area contributed by atoms with Crippen LogP contribution in [0.15, 0.2) is 30.3 Å². The van der Waals surface area contributed by atoms with E-state index in [1.54, 1.807) is 0 Å². The number of hydrogen-bond acceptors (Lipinski definition) is 2. The van der Waals surface area contributed by atoms with Gasteiger partial charge in [0.05, 0.1) is 5.92 Å². The number of rotatable bonds is 3. The van der Waals surface area contributed by atoms with Crippen LogP contribution in [0.5, 0.6) is 0 Å². The van der Waals surface area contributed by atoms with Crippen molar-refractivity contribution in [3.8, 4) is 0 Å². The van der Waals surface area contributed by atoms with Gasteiger partial charge in [0.25, 0.3) is 0 Å². The Morgan fingerprint density at radius 3 is 2.65 bits per heavy atom. The average molecular weight is 274 g/mol. The van der Waals surface area contributed by atoms with Crippen molar-refractivity contribution in [3.05, 3.63) is 35.9 Å². The van der Waals surface area contributed by atoms with E-state index < -0.39 is 0 Å². The Kier molecular flexibility index (Phi) is 5.18. The monoisotopic (exact) mass is 274 g/mol. The molecule has 1 fully saturated rings. The molecule has 3 nitrogen and oxygen atoms in total. The summed E-state index contributed by atoms with van der Waals surface area (Å²) < 4.78 is 0. The minimum Gasteiger partial charge on any atom is -0.340 e. The van der Waals surface area contributed by atoms with Crippen LogP contribution in [-0.4, -0.2) is 23.4 Å². The highest BCUT2D eigenvalue weighted by Gasteiger charge is 2.29. The van der Waals surface area contributed by atoms with Crippen molar-refractivity contribution in [1.82, 2.24) is 4.90 Å². The number of likely N-dealkylation sites (tertiary alicyclic amines) is 1. The predicted octanol–water partition coefficient (Wildman–Crippen LogP) is 3.11. The minimum absolute atomic E-state index is 0.169. The number of nitrogens with two attached hydrogens (primary N) is 1. The van der Waals surface area contributed by atoms with Crippen molar-refractivity contribution >= 4 is 5.91 Å². The lowest BCUT2D eigenvalue weighted by molar-refractivity contribution is -0.137. The van der Waals surface area contributed by atoms with E-state index in [2.05, 4.69) is 6.92 Å². The molecule has 110 valence electrons. The van der Waals surface area contributed by atoms with Gasteiger partial charge in [-0.3, -0.25) is 4.79 Å². The van der Waals surface area contributed by atoms with Gasteiger partial charge in [0, 0.05) is 18.6 Å². The molecule has 1 aromatic carbocycles. The summed E-state index contributed by atoms with van der Waals surface area (Å²) in [6.45, 7) is 4.99. The molecule has 2 N–H and O–H groups in total. The van der Waals surface area contributed by atoms with Crippen molar-refractivity contribution in [3.63, 3.8) is 0 Å². The lowest BCUT2D eigenvalue weighted by Crippen LogP contribution is -2.44. The molecule has 1 amide bonds. The van der Waals surface area contributed by atoms with E-state index in [0.29, 0.717) is 6.04 Å². The molecule has 0 bridgehead atoms. The van der Waals surface area contributed by atoms with Gasteiger partial charge in [-0.1, -0.05) is 50.1 Å². The molecular formula is C17H26N2O. The van der Waals surface area contributed by atoms with E-state index in [9.17, 15) is 4.79 Å². The molecule has 20 heavy (non-hydrogen) atoms. The smallest absolute Gasteiger partial charge is 0.227 e. The van der Waals surface area contributed by atoms with Gasteiger partial charge >= 0.3 is 0 Å². The number of amides is 1. The predicted molar refractivity (Wildman–Crippen MR) is 82.2 cm³/mol. The topological polar surface area (TPSA) is 46.3 Å². The summed E-state index contributed by atoms with van der Waals surface area (Å²) in [5, 5.41) is 0. The summed E-state index contributed by atoms with van der Waals surface area (Å²) >= 11 is 0. The van der Waals surface area contributed by atoms with Crippen LogP contribution >= 0.6 is 0 Å². The van der Waals surface area contributed by atoms with Crippen LogP contribution in [0.25, 0.3) is 0 Å². The van der Waals surface area contributed by atoms with Gasteiger partial charge < -0.3 is 10.6 Å². The Morgan fingerprint density at radius 2 is 1.95 bits per heavy atom. The zero-order valence-electron chi connectivity index (χ0n) is 12.6. The highest BCUT2D eigenvalue weighted by atomic mass is 16.2. The molecule has 1 heterocycles. The third-order valence-electron chi connectivity index (χ3n) is 4.45. The van der Waals surface area contributed by atoms with E-state index in [-0.39, 0.29) is 17.9 Å². The highest BCUT2D eigenvalue weighted by Crippen LogP contribution is 2.24. The Morgan fingerprint density at radius 1 is 1.25 bits per heavy atom. The van der Waals surface area contributed by atoms with Crippen molar-refractivity contribution in [1.29, 1.82) is 0 Å². The minimum atomic E-state index is -0.223. The second-order valence-electron chi connectivity index (χ2n) is 5.96. The van der Waals surface area contributed by atoms with Gasteiger partial charge in [-0.05, 0) is 25.3 Å². The van der Waals surface area contributed by atoms with Gasteiger partial charge in [-0.15, -0.1) is 0 Å². The second kappa shape index (κ2) is 6.89. The van der Waals surface area contributed by atoms with Crippen LogP contribution in [0, 0.1) is 5.92 Å². The Labute approximate surface area is 122 Å². The maximum Gasteiger partial charge on any atom is 0.227 e. The molecule has 3 unspecified atom stereocenters. The molecule has 3 heteroatoms. The van der Waals surface area contributed by atoms with Crippen molar-refractivity contribution < 1.29 is 4.79 Å². The summed E-state index contributed by atoms with van der Waals surface area (Å²) in [5.74, 6) is 0.0358. The molecule has 1 aromatic rings. The zero-order chi connectivity index (χ0) is 14.5. The summed E-state index contributed by atoms with van der Waals surface area (Å²) in [6.07, 6.45) is 4.68. The SMILES string of the molecule is CC(C(=O)N1CCCCCC1C)C(N)c1ccccc1. The van der Waals surface area contributed by atoms with E-state index in [0.717, 1.165) is 24.9 Å². The van der Waals surface area contributed by atoms with Crippen molar-refractivity contribution in [2.75, 3.05) is 6.54 Å². The van der Waals surface area contributed by atoms with E-state index in [1.807, 2.05) is 42.2 Å². The molecule has 0 aliphatic carbocycles. The molecule has 0 saturated carbocycles. The third kappa shape index (κ3) is 3.40. The van der Waals surface area contributed by atoms with E-state index in [4.69, 9.17) is 5.73 Å². The fourth-order valence-electron chi connectivity index (χ4n) is 2.98. The van der Waals surface area contributed by atoms with Crippen LogP contribution in [0.3, 0.4) is 0 Å². The van der Waals surface area contributed by atoms with Crippen LogP contribution in [0.1, 0.15) is 51.1 Å². The van der Waals surface area contributed by atoms with E-state index in [1.165, 1.54) is 12.8 Å². The second-order valence-corrected chi connectivity index (χ2v) is 5.96. The lowest BCUT2D eigenvalue weighted by Gasteiger charge is -2.32. The van der Waals surface area contributed by atoms with Gasteiger partial charge in [0.1, 0.15) is 0 Å². The van der Waals surface area contributed by atoms with Gasteiger partial charge in [0.2, 0.25) is 5.91 Å². The van der Waals surface area contributed by atoms with Crippen LogP contribution in [-0.2, 0) is 4.79 Å². The molecule has 1 aliphatic rings. The maximum atomic E-state index is 12.7. The first-order valence-electron chi connectivity index (χ1n) is 7.72. The number of hydrogen-bond donors (Lipinski definition) is 1. The normalized spacial score (nSPS) is 22.9. The van der Waals surface area contributed by atoms with Crippen molar-refractivity contribution in [2.45, 2.75) is 51.6 Å². The summed E-state index contributed by atoms with van der Waals surface area (Å²) in [5.41, 5.74) is 7.32.